The van der Waals surface area contributed by atoms with Crippen LogP contribution < -0.4 is 5.56 Å². The number of fused-ring (bicyclic) bond motifs is 1. The minimum absolute atomic E-state index is 0.0366. The summed E-state index contributed by atoms with van der Waals surface area (Å²) in [5.74, 6) is 0.824. The van der Waals surface area contributed by atoms with Gasteiger partial charge in [-0.15, -0.1) is 5.10 Å². The number of aromatic amines is 1. The van der Waals surface area contributed by atoms with E-state index in [2.05, 4.69) is 50.5 Å². The first-order valence-electron chi connectivity index (χ1n) is 11.9. The van der Waals surface area contributed by atoms with Gasteiger partial charge in [0.1, 0.15) is 6.04 Å². The summed E-state index contributed by atoms with van der Waals surface area (Å²) in [5.41, 5.74) is 2.88. The van der Waals surface area contributed by atoms with Crippen molar-refractivity contribution in [1.29, 1.82) is 0 Å². The summed E-state index contributed by atoms with van der Waals surface area (Å²) >= 11 is 0. The summed E-state index contributed by atoms with van der Waals surface area (Å²) in [7, 11) is 0. The SMILES string of the molecule is CCc1ccc2[nH]c(=O)c([C@@H](c3nnnn3C3CCCCC3)N3CCCCC3)cc2c1. The summed E-state index contributed by atoms with van der Waals surface area (Å²) in [6, 6.07) is 8.48. The second-order valence-corrected chi connectivity index (χ2v) is 9.10. The zero-order chi connectivity index (χ0) is 21.2. The second kappa shape index (κ2) is 8.91. The van der Waals surface area contributed by atoms with Gasteiger partial charge in [-0.25, -0.2) is 4.68 Å². The molecule has 2 aromatic heterocycles. The molecule has 0 bridgehead atoms. The topological polar surface area (TPSA) is 79.7 Å². The Bertz CT molecular complexity index is 1090. The van der Waals surface area contributed by atoms with Gasteiger partial charge in [0.25, 0.3) is 5.56 Å². The van der Waals surface area contributed by atoms with E-state index in [9.17, 15) is 4.79 Å². The van der Waals surface area contributed by atoms with Crippen molar-refractivity contribution < 1.29 is 0 Å². The van der Waals surface area contributed by atoms with Crippen LogP contribution in [-0.4, -0.2) is 43.2 Å². The normalized spacial score (nSPS) is 19.6. The molecule has 164 valence electrons. The number of hydrogen-bond donors (Lipinski definition) is 1. The van der Waals surface area contributed by atoms with Crippen LogP contribution in [0.25, 0.3) is 10.9 Å². The summed E-state index contributed by atoms with van der Waals surface area (Å²) < 4.78 is 2.03. The van der Waals surface area contributed by atoms with E-state index < -0.39 is 0 Å². The van der Waals surface area contributed by atoms with Gasteiger partial charge >= 0.3 is 0 Å². The van der Waals surface area contributed by atoms with Crippen molar-refractivity contribution in [3.05, 3.63) is 51.6 Å². The first-order chi connectivity index (χ1) is 15.2. The molecule has 1 atom stereocenters. The van der Waals surface area contributed by atoms with Crippen molar-refractivity contribution in [3.63, 3.8) is 0 Å². The van der Waals surface area contributed by atoms with E-state index in [4.69, 9.17) is 0 Å². The van der Waals surface area contributed by atoms with Gasteiger partial charge in [-0.05, 0) is 84.8 Å². The Kier molecular flexibility index (Phi) is 5.85. The van der Waals surface area contributed by atoms with E-state index in [-0.39, 0.29) is 11.6 Å². The van der Waals surface area contributed by atoms with Crippen molar-refractivity contribution >= 4 is 10.9 Å². The van der Waals surface area contributed by atoms with Crippen LogP contribution in [0.2, 0.25) is 0 Å². The number of tetrazole rings is 1. The van der Waals surface area contributed by atoms with Gasteiger partial charge in [-0.2, -0.15) is 0 Å². The van der Waals surface area contributed by atoms with E-state index in [0.717, 1.165) is 67.5 Å². The van der Waals surface area contributed by atoms with Gasteiger partial charge in [0.05, 0.1) is 6.04 Å². The minimum atomic E-state index is -0.212. The molecule has 7 heteroatoms. The molecule has 3 aromatic rings. The smallest absolute Gasteiger partial charge is 0.253 e. The molecule has 1 saturated carbocycles. The number of pyridine rings is 1. The van der Waals surface area contributed by atoms with E-state index in [0.29, 0.717) is 6.04 Å². The zero-order valence-electron chi connectivity index (χ0n) is 18.4. The summed E-state index contributed by atoms with van der Waals surface area (Å²) in [5, 5.41) is 14.1. The molecule has 3 heterocycles. The largest absolute Gasteiger partial charge is 0.322 e. The highest BCUT2D eigenvalue weighted by Gasteiger charge is 2.33. The van der Waals surface area contributed by atoms with Crippen molar-refractivity contribution in [2.45, 2.75) is 76.8 Å². The van der Waals surface area contributed by atoms with Gasteiger partial charge in [0.15, 0.2) is 5.82 Å². The Morgan fingerprint density at radius 1 is 1.06 bits per heavy atom. The molecule has 0 spiro atoms. The van der Waals surface area contributed by atoms with Crippen molar-refractivity contribution in [1.82, 2.24) is 30.1 Å². The number of rotatable bonds is 5. The van der Waals surface area contributed by atoms with E-state index in [1.165, 1.54) is 31.2 Å². The third-order valence-electron chi connectivity index (χ3n) is 7.08. The molecular weight excluding hydrogens is 388 g/mol. The molecule has 1 saturated heterocycles. The van der Waals surface area contributed by atoms with E-state index in [1.54, 1.807) is 0 Å². The van der Waals surface area contributed by atoms with Crippen molar-refractivity contribution in [3.8, 4) is 0 Å². The average Bonchev–Trinajstić information content (AvgIpc) is 3.30. The number of H-pyrrole nitrogens is 1. The molecule has 2 aliphatic rings. The number of benzene rings is 1. The maximum absolute atomic E-state index is 13.3. The summed E-state index contributed by atoms with van der Waals surface area (Å²) in [6.45, 7) is 4.09. The first kappa shape index (κ1) is 20.4. The number of hydrogen-bond acceptors (Lipinski definition) is 5. The molecule has 1 aromatic carbocycles. The predicted octanol–water partition coefficient (Wildman–Crippen LogP) is 4.16. The first-order valence-corrected chi connectivity index (χ1v) is 11.9. The van der Waals surface area contributed by atoms with Crippen LogP contribution >= 0.6 is 0 Å². The van der Waals surface area contributed by atoms with Gasteiger partial charge in [-0.1, -0.05) is 38.7 Å². The standard InChI is InChI=1S/C24H32N6O/c1-2-17-11-12-21-18(15-17)16-20(24(31)25-21)22(29-13-7-4-8-14-29)23-26-27-28-30(23)19-9-5-3-6-10-19/h11-12,15-16,19,22H,2-10,13-14H2,1H3,(H,25,31)/t22-/m0/s1. The lowest BCUT2D eigenvalue weighted by molar-refractivity contribution is 0.171. The maximum atomic E-state index is 13.3. The average molecular weight is 421 g/mol. The lowest BCUT2D eigenvalue weighted by atomic mass is 9.94. The minimum Gasteiger partial charge on any atom is -0.322 e. The Balaban J connectivity index is 1.63. The molecule has 0 amide bonds. The van der Waals surface area contributed by atoms with Gasteiger partial charge in [0.2, 0.25) is 0 Å². The molecule has 1 aliphatic heterocycles. The Hall–Kier alpha value is -2.54. The number of aryl methyl sites for hydroxylation is 1. The molecular formula is C24H32N6O. The number of likely N-dealkylation sites (tertiary alicyclic amines) is 1. The molecule has 1 aliphatic carbocycles. The maximum Gasteiger partial charge on any atom is 0.253 e. The lowest BCUT2D eigenvalue weighted by Gasteiger charge is -2.34. The summed E-state index contributed by atoms with van der Waals surface area (Å²) in [4.78, 5) is 18.8. The van der Waals surface area contributed by atoms with Crippen molar-refractivity contribution in [2.24, 2.45) is 0 Å². The Labute approximate surface area is 182 Å². The van der Waals surface area contributed by atoms with Crippen LogP contribution in [0.4, 0.5) is 0 Å². The van der Waals surface area contributed by atoms with Gasteiger partial charge < -0.3 is 4.98 Å². The molecule has 1 N–H and O–H groups in total. The fraction of sp³-hybridized carbons (Fsp3) is 0.583. The third kappa shape index (κ3) is 4.03. The van der Waals surface area contributed by atoms with Crippen LogP contribution in [0.15, 0.2) is 29.1 Å². The quantitative estimate of drug-likeness (QED) is 0.670. The fourth-order valence-corrected chi connectivity index (χ4v) is 5.34. The molecule has 31 heavy (non-hydrogen) atoms. The zero-order valence-corrected chi connectivity index (χ0v) is 18.4. The highest BCUT2D eigenvalue weighted by molar-refractivity contribution is 5.80. The van der Waals surface area contributed by atoms with Crippen LogP contribution in [-0.2, 0) is 6.42 Å². The Morgan fingerprint density at radius 2 is 1.84 bits per heavy atom. The Morgan fingerprint density at radius 3 is 2.61 bits per heavy atom. The highest BCUT2D eigenvalue weighted by atomic mass is 16.1. The highest BCUT2D eigenvalue weighted by Crippen LogP contribution is 2.34. The van der Waals surface area contributed by atoms with Crippen LogP contribution in [0, 0.1) is 0 Å². The van der Waals surface area contributed by atoms with Crippen molar-refractivity contribution in [2.75, 3.05) is 13.1 Å². The van der Waals surface area contributed by atoms with Crippen LogP contribution in [0.3, 0.4) is 0 Å². The summed E-state index contributed by atoms with van der Waals surface area (Å²) in [6.07, 6.45) is 10.4. The number of nitrogens with one attached hydrogen (secondary N) is 1. The molecule has 7 nitrogen and oxygen atoms in total. The number of piperidine rings is 1. The monoisotopic (exact) mass is 420 g/mol. The molecule has 2 fully saturated rings. The lowest BCUT2D eigenvalue weighted by Crippen LogP contribution is -2.39. The fourth-order valence-electron chi connectivity index (χ4n) is 5.34. The predicted molar refractivity (Wildman–Crippen MR) is 121 cm³/mol. The number of nitrogens with zero attached hydrogens (tertiary/aromatic N) is 5. The van der Waals surface area contributed by atoms with Gasteiger partial charge in [0, 0.05) is 11.1 Å². The van der Waals surface area contributed by atoms with Crippen LogP contribution in [0.1, 0.15) is 87.3 Å². The second-order valence-electron chi connectivity index (χ2n) is 9.10. The number of aromatic nitrogens is 5. The van der Waals surface area contributed by atoms with Crippen LogP contribution in [0.5, 0.6) is 0 Å². The molecule has 5 rings (SSSR count). The van der Waals surface area contributed by atoms with Gasteiger partial charge in [-0.3, -0.25) is 9.69 Å². The van der Waals surface area contributed by atoms with E-state index >= 15 is 0 Å². The third-order valence-corrected chi connectivity index (χ3v) is 7.08. The molecule has 0 unspecified atom stereocenters. The van der Waals surface area contributed by atoms with E-state index in [1.807, 2.05) is 10.7 Å². The molecule has 0 radical (unpaired) electrons.